The van der Waals surface area contributed by atoms with Crippen LogP contribution in [0, 0.1) is 17.2 Å². The summed E-state index contributed by atoms with van der Waals surface area (Å²) >= 11 is 0. The lowest BCUT2D eigenvalue weighted by atomic mass is 9.93. The zero-order valence-electron chi connectivity index (χ0n) is 15.6. The molecule has 1 aromatic heterocycles. The second-order valence-corrected chi connectivity index (χ2v) is 6.30. The zero-order chi connectivity index (χ0) is 19.2. The number of nitrogens with one attached hydrogen (secondary N) is 1. The second-order valence-electron chi connectivity index (χ2n) is 6.30. The van der Waals surface area contributed by atoms with Crippen LogP contribution in [-0.4, -0.2) is 17.0 Å². The van der Waals surface area contributed by atoms with Crippen LogP contribution in [0.2, 0.25) is 0 Å². The predicted octanol–water partition coefficient (Wildman–Crippen LogP) is 4.42. The minimum absolute atomic E-state index is 0.0767. The van der Waals surface area contributed by atoms with Crippen LogP contribution in [0.25, 0.3) is 22.0 Å². The number of fused-ring (bicyclic) bond motifs is 1. The summed E-state index contributed by atoms with van der Waals surface area (Å²) in [5.41, 5.74) is 9.45. The summed E-state index contributed by atoms with van der Waals surface area (Å²) < 4.78 is 0. The third kappa shape index (κ3) is 3.90. The van der Waals surface area contributed by atoms with Crippen molar-refractivity contribution in [3.8, 4) is 6.07 Å². The van der Waals surface area contributed by atoms with Gasteiger partial charge in [-0.1, -0.05) is 37.3 Å². The van der Waals surface area contributed by atoms with Crippen LogP contribution in [0.1, 0.15) is 31.2 Å². The van der Waals surface area contributed by atoms with Crippen molar-refractivity contribution in [1.29, 1.82) is 5.26 Å². The van der Waals surface area contributed by atoms with Crippen LogP contribution in [-0.2, 0) is 0 Å². The number of benzene rings is 1. The van der Waals surface area contributed by atoms with Gasteiger partial charge in [-0.15, -0.1) is 0 Å². The highest BCUT2D eigenvalue weighted by molar-refractivity contribution is 5.93. The number of nitriles is 1. The first-order valence-corrected chi connectivity index (χ1v) is 9.05. The Hall–Kier alpha value is -3.39. The number of hydrogen-bond acceptors (Lipinski definition) is 5. The molecule has 3 rings (SSSR count). The standard InChI is InChI=1S/C22H23N5/c1-3-16(8-5-11-23)21-26-20-13-18(9-10-19(20)22(25-2)27-21)17-7-4-6-15(12-17)14-24/h4-5,7-13,15H,3,6,23H2,1-2H3,(H,25,26,27)/b11-5-,16-8+. The summed E-state index contributed by atoms with van der Waals surface area (Å²) in [7, 11) is 1.86. The number of rotatable bonds is 5. The van der Waals surface area contributed by atoms with Crippen LogP contribution in [0.4, 0.5) is 5.82 Å². The van der Waals surface area contributed by atoms with Gasteiger partial charge in [-0.25, -0.2) is 9.97 Å². The first kappa shape index (κ1) is 18.4. The monoisotopic (exact) mass is 357 g/mol. The molecule has 3 N–H and O–H groups in total. The lowest BCUT2D eigenvalue weighted by molar-refractivity contribution is 0.841. The third-order valence-electron chi connectivity index (χ3n) is 4.58. The maximum atomic E-state index is 9.21. The third-order valence-corrected chi connectivity index (χ3v) is 4.58. The molecule has 1 unspecified atom stereocenters. The van der Waals surface area contributed by atoms with Crippen molar-refractivity contribution >= 4 is 27.9 Å². The summed E-state index contributed by atoms with van der Waals surface area (Å²) in [6.07, 6.45) is 12.9. The van der Waals surface area contributed by atoms with Gasteiger partial charge >= 0.3 is 0 Å². The minimum atomic E-state index is -0.0767. The van der Waals surface area contributed by atoms with E-state index in [1.807, 2.05) is 25.3 Å². The number of allylic oxidation sites excluding steroid dienone is 7. The Morgan fingerprint density at radius 2 is 2.26 bits per heavy atom. The van der Waals surface area contributed by atoms with Gasteiger partial charge in [-0.3, -0.25) is 0 Å². The van der Waals surface area contributed by atoms with E-state index in [4.69, 9.17) is 10.7 Å². The van der Waals surface area contributed by atoms with Gasteiger partial charge in [0.2, 0.25) is 0 Å². The molecule has 1 atom stereocenters. The van der Waals surface area contributed by atoms with E-state index in [9.17, 15) is 5.26 Å². The van der Waals surface area contributed by atoms with Crippen molar-refractivity contribution in [1.82, 2.24) is 9.97 Å². The number of anilines is 1. The molecule has 0 saturated carbocycles. The van der Waals surface area contributed by atoms with Crippen LogP contribution >= 0.6 is 0 Å². The Morgan fingerprint density at radius 1 is 1.41 bits per heavy atom. The van der Waals surface area contributed by atoms with Crippen molar-refractivity contribution in [2.75, 3.05) is 12.4 Å². The molecule has 0 bridgehead atoms. The lowest BCUT2D eigenvalue weighted by Gasteiger charge is -2.13. The Balaban J connectivity index is 2.14. The molecule has 1 heterocycles. The smallest absolute Gasteiger partial charge is 0.158 e. The van der Waals surface area contributed by atoms with Crippen molar-refractivity contribution < 1.29 is 0 Å². The van der Waals surface area contributed by atoms with Gasteiger partial charge in [0.15, 0.2) is 5.82 Å². The van der Waals surface area contributed by atoms with E-state index in [0.717, 1.165) is 46.3 Å². The van der Waals surface area contributed by atoms with Crippen LogP contribution in [0.5, 0.6) is 0 Å². The van der Waals surface area contributed by atoms with Gasteiger partial charge < -0.3 is 11.1 Å². The quantitative estimate of drug-likeness (QED) is 0.773. The van der Waals surface area contributed by atoms with Gasteiger partial charge in [-0.2, -0.15) is 5.26 Å². The highest BCUT2D eigenvalue weighted by Gasteiger charge is 2.13. The molecule has 0 aliphatic heterocycles. The Kier molecular flexibility index (Phi) is 5.68. The maximum absolute atomic E-state index is 9.21. The molecule has 1 aliphatic rings. The molecule has 0 radical (unpaired) electrons. The molecular weight excluding hydrogens is 334 g/mol. The molecule has 0 spiro atoms. The van der Waals surface area contributed by atoms with Gasteiger partial charge in [0.05, 0.1) is 17.5 Å². The Morgan fingerprint density at radius 3 is 2.96 bits per heavy atom. The van der Waals surface area contributed by atoms with E-state index in [1.165, 1.54) is 6.20 Å². The zero-order valence-corrected chi connectivity index (χ0v) is 15.6. The van der Waals surface area contributed by atoms with Gasteiger partial charge in [-0.05, 0) is 54.0 Å². The minimum Gasteiger partial charge on any atom is -0.405 e. The Labute approximate surface area is 159 Å². The molecule has 5 nitrogen and oxygen atoms in total. The van der Waals surface area contributed by atoms with Crippen molar-refractivity contribution in [2.45, 2.75) is 19.8 Å². The first-order chi connectivity index (χ1) is 13.2. The normalized spacial score (nSPS) is 17.1. The molecule has 5 heteroatoms. The molecule has 1 aliphatic carbocycles. The molecular formula is C22H23N5. The summed E-state index contributed by atoms with van der Waals surface area (Å²) in [6.45, 7) is 2.07. The molecule has 0 fully saturated rings. The summed E-state index contributed by atoms with van der Waals surface area (Å²) in [5, 5.41) is 13.3. The number of aromatic nitrogens is 2. The molecule has 27 heavy (non-hydrogen) atoms. The van der Waals surface area contributed by atoms with E-state index in [1.54, 1.807) is 6.08 Å². The van der Waals surface area contributed by atoms with Gasteiger partial charge in [0.25, 0.3) is 0 Å². The summed E-state index contributed by atoms with van der Waals surface area (Å²) in [5.74, 6) is 1.40. The van der Waals surface area contributed by atoms with E-state index >= 15 is 0 Å². The highest BCUT2D eigenvalue weighted by Crippen LogP contribution is 2.29. The fourth-order valence-electron chi connectivity index (χ4n) is 3.13. The van der Waals surface area contributed by atoms with E-state index < -0.39 is 0 Å². The van der Waals surface area contributed by atoms with Crippen LogP contribution in [0.15, 0.2) is 54.8 Å². The SMILES string of the molecule is CC/C(=C\C=C/N)c1nc(NC)c2ccc(C3=CC(C#N)CC=C3)cc2n1. The van der Waals surface area contributed by atoms with E-state index in [0.29, 0.717) is 5.82 Å². The first-order valence-electron chi connectivity index (χ1n) is 9.05. The van der Waals surface area contributed by atoms with Crippen molar-refractivity contribution in [3.05, 3.63) is 66.2 Å². The highest BCUT2D eigenvalue weighted by atomic mass is 15.0. The van der Waals surface area contributed by atoms with Crippen molar-refractivity contribution in [2.24, 2.45) is 11.7 Å². The number of nitrogens with two attached hydrogens (primary N) is 1. The topological polar surface area (TPSA) is 87.6 Å². The number of hydrogen-bond donors (Lipinski definition) is 2. The van der Waals surface area contributed by atoms with E-state index in [-0.39, 0.29) is 5.92 Å². The molecule has 2 aromatic rings. The van der Waals surface area contributed by atoms with Gasteiger partial charge in [0, 0.05) is 12.4 Å². The molecule has 0 saturated heterocycles. The van der Waals surface area contributed by atoms with Crippen molar-refractivity contribution in [3.63, 3.8) is 0 Å². The largest absolute Gasteiger partial charge is 0.405 e. The predicted molar refractivity (Wildman–Crippen MR) is 112 cm³/mol. The number of nitrogens with zero attached hydrogens (tertiary/aromatic N) is 3. The van der Waals surface area contributed by atoms with Gasteiger partial charge in [0.1, 0.15) is 5.82 Å². The fourth-order valence-corrected chi connectivity index (χ4v) is 3.13. The fraction of sp³-hybridized carbons (Fsp3) is 0.227. The molecule has 136 valence electrons. The summed E-state index contributed by atoms with van der Waals surface area (Å²) in [4.78, 5) is 9.47. The summed E-state index contributed by atoms with van der Waals surface area (Å²) in [6, 6.07) is 8.46. The van der Waals surface area contributed by atoms with Crippen LogP contribution in [0.3, 0.4) is 0 Å². The Bertz CT molecular complexity index is 1010. The second kappa shape index (κ2) is 8.33. The van der Waals surface area contributed by atoms with E-state index in [2.05, 4.69) is 47.6 Å². The molecule has 1 aromatic carbocycles. The lowest BCUT2D eigenvalue weighted by Crippen LogP contribution is -2.02. The average molecular weight is 357 g/mol. The van der Waals surface area contributed by atoms with Crippen LogP contribution < -0.4 is 11.1 Å². The maximum Gasteiger partial charge on any atom is 0.158 e. The average Bonchev–Trinajstić information content (AvgIpc) is 2.73. The molecule has 0 amide bonds.